The van der Waals surface area contributed by atoms with Crippen LogP contribution in [0.3, 0.4) is 0 Å². The Morgan fingerprint density at radius 1 is 1.45 bits per heavy atom. The van der Waals surface area contributed by atoms with E-state index in [1.165, 1.54) is 4.90 Å². The van der Waals surface area contributed by atoms with Crippen molar-refractivity contribution >= 4 is 11.9 Å². The number of likely N-dealkylation sites (N-methyl/N-ethyl adjacent to an activating group) is 1. The van der Waals surface area contributed by atoms with E-state index in [4.69, 9.17) is 5.26 Å². The number of nitriles is 1. The second-order valence-electron chi connectivity index (χ2n) is 6.30. The minimum atomic E-state index is -0.991. The van der Waals surface area contributed by atoms with E-state index in [1.54, 1.807) is 25.5 Å². The normalized spacial score (nSPS) is 25.6. The number of carbonyl (C=O) groups is 1. The SMILES string of the molecule is CN(CC1(O)CCN(c2ncccn2)C1)C(=O)C1(C#N)CC1. The molecule has 3 rings (SSSR count). The summed E-state index contributed by atoms with van der Waals surface area (Å²) in [6.45, 7) is 1.25. The highest BCUT2D eigenvalue weighted by molar-refractivity contribution is 5.88. The minimum absolute atomic E-state index is 0.183. The van der Waals surface area contributed by atoms with Gasteiger partial charge in [-0.1, -0.05) is 0 Å². The van der Waals surface area contributed by atoms with Crippen molar-refractivity contribution in [2.45, 2.75) is 24.9 Å². The van der Waals surface area contributed by atoms with Gasteiger partial charge in [0.2, 0.25) is 11.9 Å². The van der Waals surface area contributed by atoms with Gasteiger partial charge < -0.3 is 14.9 Å². The van der Waals surface area contributed by atoms with Crippen LogP contribution in [0.2, 0.25) is 0 Å². The fraction of sp³-hybridized carbons (Fsp3) is 0.600. The Morgan fingerprint density at radius 2 is 2.14 bits per heavy atom. The smallest absolute Gasteiger partial charge is 0.242 e. The van der Waals surface area contributed by atoms with Gasteiger partial charge in [-0.3, -0.25) is 4.79 Å². The van der Waals surface area contributed by atoms with Crippen LogP contribution in [0.15, 0.2) is 18.5 Å². The van der Waals surface area contributed by atoms with Gasteiger partial charge in [0.05, 0.1) is 19.2 Å². The summed E-state index contributed by atoms with van der Waals surface area (Å²) < 4.78 is 0. The maximum absolute atomic E-state index is 12.3. The summed E-state index contributed by atoms with van der Waals surface area (Å²) in [6, 6.07) is 3.85. The minimum Gasteiger partial charge on any atom is -0.386 e. The molecule has 22 heavy (non-hydrogen) atoms. The molecule has 2 aliphatic rings. The molecule has 1 saturated carbocycles. The number of β-amino-alcohol motifs (C(OH)–C–C–N with tert-alkyl or cyclic N) is 1. The summed E-state index contributed by atoms with van der Waals surface area (Å²) in [5, 5.41) is 19.8. The molecule has 7 nitrogen and oxygen atoms in total. The predicted molar refractivity (Wildman–Crippen MR) is 78.7 cm³/mol. The molecule has 0 bridgehead atoms. The number of hydrogen-bond acceptors (Lipinski definition) is 6. The van der Waals surface area contributed by atoms with Gasteiger partial charge in [-0.25, -0.2) is 9.97 Å². The molecular weight excluding hydrogens is 282 g/mol. The van der Waals surface area contributed by atoms with Crippen LogP contribution < -0.4 is 4.90 Å². The summed E-state index contributed by atoms with van der Waals surface area (Å²) in [5.74, 6) is 0.404. The molecule has 1 N–H and O–H groups in total. The molecular formula is C15H19N5O2. The average molecular weight is 301 g/mol. The molecule has 7 heteroatoms. The van der Waals surface area contributed by atoms with Crippen LogP contribution in [-0.2, 0) is 4.79 Å². The van der Waals surface area contributed by atoms with Crippen molar-refractivity contribution in [2.24, 2.45) is 5.41 Å². The van der Waals surface area contributed by atoms with Crippen molar-refractivity contribution in [3.05, 3.63) is 18.5 Å². The second-order valence-corrected chi connectivity index (χ2v) is 6.30. The topological polar surface area (TPSA) is 93.3 Å². The number of anilines is 1. The molecule has 0 aromatic carbocycles. The summed E-state index contributed by atoms with van der Waals surface area (Å²) in [4.78, 5) is 24.1. The maximum Gasteiger partial charge on any atom is 0.242 e. The highest BCUT2D eigenvalue weighted by atomic mass is 16.3. The Kier molecular flexibility index (Phi) is 3.49. The largest absolute Gasteiger partial charge is 0.386 e. The molecule has 2 fully saturated rings. The number of rotatable bonds is 4. The van der Waals surface area contributed by atoms with Crippen LogP contribution >= 0.6 is 0 Å². The van der Waals surface area contributed by atoms with Gasteiger partial charge in [0, 0.05) is 26.0 Å². The zero-order valence-corrected chi connectivity index (χ0v) is 12.6. The van der Waals surface area contributed by atoms with E-state index < -0.39 is 11.0 Å². The van der Waals surface area contributed by atoms with Gasteiger partial charge in [0.1, 0.15) is 11.0 Å². The third-order valence-electron chi connectivity index (χ3n) is 4.42. The van der Waals surface area contributed by atoms with Gasteiger partial charge in [-0.05, 0) is 25.3 Å². The molecule has 1 saturated heterocycles. The average Bonchev–Trinajstić information content (AvgIpc) is 3.24. The van der Waals surface area contributed by atoms with Crippen LogP contribution in [0.1, 0.15) is 19.3 Å². The number of hydrogen-bond donors (Lipinski definition) is 1. The number of aromatic nitrogens is 2. The molecule has 1 unspecified atom stereocenters. The molecule has 116 valence electrons. The highest BCUT2D eigenvalue weighted by Crippen LogP contribution is 2.46. The van der Waals surface area contributed by atoms with Crippen molar-refractivity contribution in [1.82, 2.24) is 14.9 Å². The number of amides is 1. The Labute approximate surface area is 129 Å². The van der Waals surface area contributed by atoms with Gasteiger partial charge in [-0.15, -0.1) is 0 Å². The molecule has 1 atom stereocenters. The zero-order valence-electron chi connectivity index (χ0n) is 12.6. The Balaban J connectivity index is 1.63. The molecule has 1 amide bonds. The van der Waals surface area contributed by atoms with Crippen LogP contribution in [0.5, 0.6) is 0 Å². The van der Waals surface area contributed by atoms with Crippen LogP contribution in [0, 0.1) is 16.7 Å². The first-order valence-corrected chi connectivity index (χ1v) is 7.39. The van der Waals surface area contributed by atoms with Crippen LogP contribution in [0.25, 0.3) is 0 Å². The van der Waals surface area contributed by atoms with E-state index in [2.05, 4.69) is 16.0 Å². The first-order chi connectivity index (χ1) is 10.5. The predicted octanol–water partition coefficient (Wildman–Crippen LogP) is 0.180. The third kappa shape index (κ3) is 2.62. The fourth-order valence-electron chi connectivity index (χ4n) is 2.99. The maximum atomic E-state index is 12.3. The molecule has 1 aromatic rings. The van der Waals surface area contributed by atoms with E-state index in [0.29, 0.717) is 38.3 Å². The Morgan fingerprint density at radius 3 is 2.73 bits per heavy atom. The monoisotopic (exact) mass is 301 g/mol. The van der Waals surface area contributed by atoms with E-state index in [9.17, 15) is 9.90 Å². The molecule has 1 aliphatic heterocycles. The van der Waals surface area contributed by atoms with Crippen molar-refractivity contribution in [3.63, 3.8) is 0 Å². The van der Waals surface area contributed by atoms with Crippen molar-refractivity contribution in [1.29, 1.82) is 5.26 Å². The lowest BCUT2D eigenvalue weighted by Crippen LogP contribution is -2.47. The summed E-state index contributed by atoms with van der Waals surface area (Å²) in [6.07, 6.45) is 5.12. The van der Waals surface area contributed by atoms with E-state index in [1.807, 2.05) is 4.90 Å². The second kappa shape index (κ2) is 5.21. The van der Waals surface area contributed by atoms with E-state index in [0.717, 1.165) is 0 Å². The highest BCUT2D eigenvalue weighted by Gasteiger charge is 2.53. The van der Waals surface area contributed by atoms with Crippen molar-refractivity contribution in [2.75, 3.05) is 31.6 Å². The van der Waals surface area contributed by atoms with Gasteiger partial charge in [0.25, 0.3) is 0 Å². The molecule has 1 aliphatic carbocycles. The van der Waals surface area contributed by atoms with Crippen LogP contribution in [-0.4, -0.2) is 58.2 Å². The summed E-state index contributed by atoms with van der Waals surface area (Å²) >= 11 is 0. The standard InChI is InChI=1S/C15H19N5O2/c1-19(12(21)14(9-16)3-4-14)10-15(22)5-8-20(11-15)13-17-6-2-7-18-13/h2,6-7,22H,3-5,8,10-11H2,1H3. The summed E-state index contributed by atoms with van der Waals surface area (Å²) in [7, 11) is 1.65. The molecule has 2 heterocycles. The van der Waals surface area contributed by atoms with E-state index >= 15 is 0 Å². The first-order valence-electron chi connectivity index (χ1n) is 7.39. The molecule has 1 aromatic heterocycles. The quantitative estimate of drug-likeness (QED) is 0.852. The fourth-order valence-corrected chi connectivity index (χ4v) is 2.99. The van der Waals surface area contributed by atoms with Crippen molar-refractivity contribution in [3.8, 4) is 6.07 Å². The lowest BCUT2D eigenvalue weighted by molar-refractivity contribution is -0.136. The van der Waals surface area contributed by atoms with Gasteiger partial charge in [0.15, 0.2) is 0 Å². The van der Waals surface area contributed by atoms with Crippen molar-refractivity contribution < 1.29 is 9.90 Å². The lowest BCUT2D eigenvalue weighted by atomic mass is 10.0. The first kappa shape index (κ1) is 14.7. The lowest BCUT2D eigenvalue weighted by Gasteiger charge is -2.30. The molecule has 0 radical (unpaired) electrons. The third-order valence-corrected chi connectivity index (χ3v) is 4.42. The van der Waals surface area contributed by atoms with Gasteiger partial charge >= 0.3 is 0 Å². The Bertz CT molecular complexity index is 610. The number of nitrogens with zero attached hydrogens (tertiary/aromatic N) is 5. The van der Waals surface area contributed by atoms with E-state index in [-0.39, 0.29) is 12.5 Å². The van der Waals surface area contributed by atoms with Gasteiger partial charge in [-0.2, -0.15) is 5.26 Å². The Hall–Kier alpha value is -2.20. The van der Waals surface area contributed by atoms with Crippen LogP contribution in [0.4, 0.5) is 5.95 Å². The summed E-state index contributed by atoms with van der Waals surface area (Å²) in [5.41, 5.74) is -1.83. The number of aliphatic hydroxyl groups is 1. The number of carbonyl (C=O) groups excluding carboxylic acids is 1. The zero-order chi connectivity index (χ0) is 15.8. The molecule has 0 spiro atoms.